The summed E-state index contributed by atoms with van der Waals surface area (Å²) in [7, 11) is 0. The van der Waals surface area contributed by atoms with Crippen LogP contribution in [0.15, 0.2) is 47.5 Å². The number of allylic oxidation sites excluding steroid dienone is 1. The molecule has 0 aliphatic heterocycles. The molecule has 0 radical (unpaired) electrons. The van der Waals surface area contributed by atoms with Crippen molar-refractivity contribution in [1.29, 1.82) is 0 Å². The van der Waals surface area contributed by atoms with Gasteiger partial charge in [-0.2, -0.15) is 0 Å². The highest BCUT2D eigenvalue weighted by molar-refractivity contribution is 5.79. The van der Waals surface area contributed by atoms with Gasteiger partial charge in [0, 0.05) is 12.1 Å². The molecule has 16 heavy (non-hydrogen) atoms. The van der Waals surface area contributed by atoms with E-state index in [4.69, 9.17) is 5.73 Å². The van der Waals surface area contributed by atoms with Crippen molar-refractivity contribution in [2.75, 3.05) is 0 Å². The van der Waals surface area contributed by atoms with Crippen molar-refractivity contribution in [3.63, 3.8) is 0 Å². The summed E-state index contributed by atoms with van der Waals surface area (Å²) >= 11 is 0. The van der Waals surface area contributed by atoms with Gasteiger partial charge in [0.05, 0.1) is 0 Å². The van der Waals surface area contributed by atoms with Crippen LogP contribution in [0.1, 0.15) is 12.0 Å². The second kappa shape index (κ2) is 3.87. The van der Waals surface area contributed by atoms with Crippen molar-refractivity contribution >= 4 is 6.21 Å². The van der Waals surface area contributed by atoms with E-state index >= 15 is 0 Å². The average Bonchev–Trinajstić information content (AvgIpc) is 2.99. The van der Waals surface area contributed by atoms with E-state index in [1.54, 1.807) is 0 Å². The smallest absolute Gasteiger partial charge is 0.104 e. The molecule has 1 aromatic rings. The van der Waals surface area contributed by atoms with Gasteiger partial charge in [0.1, 0.15) is 6.17 Å². The summed E-state index contributed by atoms with van der Waals surface area (Å²) in [6.45, 7) is 0. The lowest BCUT2D eigenvalue weighted by atomic mass is 10.0. The van der Waals surface area contributed by atoms with Crippen LogP contribution in [0.5, 0.6) is 0 Å². The summed E-state index contributed by atoms with van der Waals surface area (Å²) in [5.41, 5.74) is 7.21. The van der Waals surface area contributed by atoms with Crippen molar-refractivity contribution < 1.29 is 0 Å². The Hall–Kier alpha value is -1.41. The summed E-state index contributed by atoms with van der Waals surface area (Å²) < 4.78 is 0. The lowest BCUT2D eigenvalue weighted by molar-refractivity contribution is 0.471. The fraction of sp³-hybridized carbons (Fsp3) is 0.357. The van der Waals surface area contributed by atoms with Crippen molar-refractivity contribution in [2.24, 2.45) is 28.5 Å². The largest absolute Gasteiger partial charge is 0.309 e. The zero-order valence-electron chi connectivity index (χ0n) is 9.16. The summed E-state index contributed by atoms with van der Waals surface area (Å²) in [5, 5.41) is 0. The van der Waals surface area contributed by atoms with Crippen molar-refractivity contribution in [3.05, 3.63) is 48.0 Å². The van der Waals surface area contributed by atoms with E-state index in [0.29, 0.717) is 5.92 Å². The van der Waals surface area contributed by atoms with Gasteiger partial charge in [0.25, 0.3) is 0 Å². The summed E-state index contributed by atoms with van der Waals surface area (Å²) in [5.74, 6) is 2.05. The Balaban J connectivity index is 1.66. The van der Waals surface area contributed by atoms with Crippen molar-refractivity contribution in [3.8, 4) is 0 Å². The van der Waals surface area contributed by atoms with Gasteiger partial charge < -0.3 is 5.73 Å². The van der Waals surface area contributed by atoms with Crippen molar-refractivity contribution in [2.45, 2.75) is 12.6 Å². The first-order valence-corrected chi connectivity index (χ1v) is 5.87. The lowest BCUT2D eigenvalue weighted by Gasteiger charge is -2.14. The molecule has 82 valence electrons. The van der Waals surface area contributed by atoms with E-state index in [-0.39, 0.29) is 6.17 Å². The Kier molecular flexibility index (Phi) is 2.37. The number of aliphatic imine (C=N–C) groups is 1. The highest BCUT2D eigenvalue weighted by Crippen LogP contribution is 2.51. The maximum Gasteiger partial charge on any atom is 0.104 e. The number of nitrogens with two attached hydrogens (primary N) is 1. The monoisotopic (exact) mass is 212 g/mol. The van der Waals surface area contributed by atoms with Crippen LogP contribution in [0.3, 0.4) is 0 Å². The molecule has 3 unspecified atom stereocenters. The molecule has 4 atom stereocenters. The molecule has 2 nitrogen and oxygen atoms in total. The molecule has 1 aromatic carbocycles. The van der Waals surface area contributed by atoms with Crippen LogP contribution in [-0.4, -0.2) is 12.4 Å². The number of benzene rings is 1. The van der Waals surface area contributed by atoms with E-state index in [1.807, 2.05) is 36.5 Å². The van der Waals surface area contributed by atoms with E-state index in [2.05, 4.69) is 17.1 Å². The standard InChI is InChI=1S/C14H16N2/c15-14(12-7-6-11-8-13(11)12)16-9-10-4-2-1-3-5-10/h1-7,9,11-14H,8,15H2/b16-9+/t11-,12?,13?,14?/m0/s1. The average molecular weight is 212 g/mol. The summed E-state index contributed by atoms with van der Waals surface area (Å²) in [4.78, 5) is 4.46. The molecule has 1 saturated carbocycles. The Morgan fingerprint density at radius 1 is 1.25 bits per heavy atom. The molecule has 0 aromatic heterocycles. The number of hydrogen-bond donors (Lipinski definition) is 1. The fourth-order valence-corrected chi connectivity index (χ4v) is 2.49. The molecule has 0 spiro atoms. The Morgan fingerprint density at radius 2 is 2.06 bits per heavy atom. The predicted octanol–water partition coefficient (Wildman–Crippen LogP) is 2.21. The van der Waals surface area contributed by atoms with Gasteiger partial charge in [0.15, 0.2) is 0 Å². The van der Waals surface area contributed by atoms with Crippen LogP contribution in [0.2, 0.25) is 0 Å². The first-order chi connectivity index (χ1) is 7.84. The van der Waals surface area contributed by atoms with Gasteiger partial charge in [-0.1, -0.05) is 42.5 Å². The summed E-state index contributed by atoms with van der Waals surface area (Å²) in [6.07, 6.45) is 7.66. The molecule has 0 saturated heterocycles. The molecule has 2 aliphatic rings. The predicted molar refractivity (Wildman–Crippen MR) is 66.2 cm³/mol. The first-order valence-electron chi connectivity index (χ1n) is 5.87. The zero-order chi connectivity index (χ0) is 11.0. The third kappa shape index (κ3) is 1.81. The fourth-order valence-electron chi connectivity index (χ4n) is 2.49. The maximum atomic E-state index is 6.09. The Morgan fingerprint density at radius 3 is 2.69 bits per heavy atom. The van der Waals surface area contributed by atoms with E-state index < -0.39 is 0 Å². The minimum Gasteiger partial charge on any atom is -0.309 e. The number of nitrogens with zero attached hydrogens (tertiary/aromatic N) is 1. The van der Waals surface area contributed by atoms with E-state index in [1.165, 1.54) is 6.42 Å². The van der Waals surface area contributed by atoms with Crippen LogP contribution < -0.4 is 5.73 Å². The van der Waals surface area contributed by atoms with Crippen LogP contribution >= 0.6 is 0 Å². The molecule has 0 bridgehead atoms. The topological polar surface area (TPSA) is 38.4 Å². The molecular weight excluding hydrogens is 196 g/mol. The van der Waals surface area contributed by atoms with Gasteiger partial charge in [-0.3, -0.25) is 4.99 Å². The highest BCUT2D eigenvalue weighted by atomic mass is 14.9. The molecule has 3 rings (SSSR count). The lowest BCUT2D eigenvalue weighted by Crippen LogP contribution is -2.27. The first kappa shape index (κ1) is 9.79. The maximum absolute atomic E-state index is 6.09. The van der Waals surface area contributed by atoms with Crippen LogP contribution in [0.4, 0.5) is 0 Å². The molecule has 2 N–H and O–H groups in total. The van der Waals surface area contributed by atoms with Gasteiger partial charge in [-0.05, 0) is 23.8 Å². The molecule has 2 aliphatic carbocycles. The van der Waals surface area contributed by atoms with Gasteiger partial charge in [0.2, 0.25) is 0 Å². The van der Waals surface area contributed by atoms with Gasteiger partial charge in [-0.25, -0.2) is 0 Å². The molecule has 0 heterocycles. The van der Waals surface area contributed by atoms with E-state index in [0.717, 1.165) is 17.4 Å². The van der Waals surface area contributed by atoms with Crippen LogP contribution in [0, 0.1) is 17.8 Å². The van der Waals surface area contributed by atoms with Gasteiger partial charge in [-0.15, -0.1) is 0 Å². The number of hydrogen-bond acceptors (Lipinski definition) is 2. The number of rotatable bonds is 3. The van der Waals surface area contributed by atoms with Gasteiger partial charge >= 0.3 is 0 Å². The molecule has 2 heteroatoms. The Labute approximate surface area is 95.9 Å². The minimum atomic E-state index is -0.0750. The van der Waals surface area contributed by atoms with Crippen molar-refractivity contribution in [1.82, 2.24) is 0 Å². The molecule has 0 amide bonds. The number of fused-ring (bicyclic) bond motifs is 1. The van der Waals surface area contributed by atoms with Crippen LogP contribution in [-0.2, 0) is 0 Å². The quantitative estimate of drug-likeness (QED) is 0.605. The van der Waals surface area contributed by atoms with Crippen LogP contribution in [0.25, 0.3) is 0 Å². The second-order valence-corrected chi connectivity index (χ2v) is 4.71. The molecule has 1 fully saturated rings. The second-order valence-electron chi connectivity index (χ2n) is 4.71. The van der Waals surface area contributed by atoms with E-state index in [9.17, 15) is 0 Å². The Bertz CT molecular complexity index is 422. The molecular formula is C14H16N2. The zero-order valence-corrected chi connectivity index (χ0v) is 9.16. The SMILES string of the molecule is NC(/N=C/c1ccccc1)C1C=C[C@H]2CC12. The normalized spacial score (nSPS) is 32.9. The highest BCUT2D eigenvalue weighted by Gasteiger charge is 2.46. The third-order valence-corrected chi connectivity index (χ3v) is 3.56. The third-order valence-electron chi connectivity index (χ3n) is 3.56. The minimum absolute atomic E-state index is 0.0750. The summed E-state index contributed by atoms with van der Waals surface area (Å²) in [6, 6.07) is 10.1.